The van der Waals surface area contributed by atoms with Crippen LogP contribution >= 0.6 is 0 Å². The summed E-state index contributed by atoms with van der Waals surface area (Å²) in [6.07, 6.45) is 1.38. The van der Waals surface area contributed by atoms with E-state index in [1.165, 1.54) is 18.4 Å². The van der Waals surface area contributed by atoms with Gasteiger partial charge in [0.05, 0.1) is 18.4 Å². The van der Waals surface area contributed by atoms with Gasteiger partial charge in [-0.25, -0.2) is 4.39 Å². The summed E-state index contributed by atoms with van der Waals surface area (Å²) in [5.74, 6) is -2.35. The van der Waals surface area contributed by atoms with Crippen molar-refractivity contribution in [1.82, 2.24) is 4.90 Å². The normalized spacial score (nSPS) is 19.9. The molecule has 2 N–H and O–H groups in total. The fourth-order valence-corrected chi connectivity index (χ4v) is 2.72. The third kappa shape index (κ3) is 2.59. The number of carbonyl (C=O) groups excluding carboxylic acids is 2. The van der Waals surface area contributed by atoms with E-state index in [-0.39, 0.29) is 30.0 Å². The van der Waals surface area contributed by atoms with Crippen molar-refractivity contribution in [1.29, 1.82) is 0 Å². The molecule has 2 heterocycles. The number of β-amino-alcohol motifs (C(OH)–C–C–N with tert-alkyl or cyclic N) is 1. The summed E-state index contributed by atoms with van der Waals surface area (Å²) >= 11 is 0. The van der Waals surface area contributed by atoms with Gasteiger partial charge in [0.25, 0.3) is 11.7 Å². The number of halogens is 1. The van der Waals surface area contributed by atoms with Crippen LogP contribution in [-0.4, -0.2) is 40.0 Å². The lowest BCUT2D eigenvalue weighted by atomic mass is 9.99. The fourth-order valence-electron chi connectivity index (χ4n) is 2.72. The maximum Gasteiger partial charge on any atom is 0.295 e. The van der Waals surface area contributed by atoms with Crippen LogP contribution in [0.15, 0.2) is 52.7 Å². The molecule has 3 rings (SSSR count). The first-order chi connectivity index (χ1) is 11.5. The molecule has 1 aromatic heterocycles. The number of benzene rings is 1. The molecule has 124 valence electrons. The molecule has 0 spiro atoms. The Kier molecular flexibility index (Phi) is 4.18. The molecule has 6 nitrogen and oxygen atoms in total. The minimum atomic E-state index is -0.947. The summed E-state index contributed by atoms with van der Waals surface area (Å²) in [6.45, 7) is -0.434. The van der Waals surface area contributed by atoms with Crippen LogP contribution in [0, 0.1) is 5.82 Å². The number of rotatable bonds is 4. The molecule has 1 amide bonds. The molecular weight excluding hydrogens is 317 g/mol. The molecule has 7 heteroatoms. The smallest absolute Gasteiger partial charge is 0.295 e. The number of nitrogens with zero attached hydrogens (tertiary/aromatic N) is 1. The van der Waals surface area contributed by atoms with Crippen molar-refractivity contribution >= 4 is 17.4 Å². The molecule has 1 atom stereocenters. The first-order valence-corrected chi connectivity index (χ1v) is 7.23. The molecule has 2 aromatic rings. The van der Waals surface area contributed by atoms with Crippen molar-refractivity contribution in [2.45, 2.75) is 6.04 Å². The van der Waals surface area contributed by atoms with Gasteiger partial charge >= 0.3 is 0 Å². The Bertz CT molecular complexity index is 795. The maximum absolute atomic E-state index is 13.1. The number of hydrogen-bond donors (Lipinski definition) is 2. The number of Topliss-reactive ketones (excluding diaryl/α,β-unsaturated/α-hetero) is 1. The summed E-state index contributed by atoms with van der Waals surface area (Å²) in [5.41, 5.74) is 0.0463. The molecule has 0 aliphatic carbocycles. The Morgan fingerprint density at radius 2 is 1.92 bits per heavy atom. The van der Waals surface area contributed by atoms with Gasteiger partial charge in [-0.2, -0.15) is 0 Å². The minimum Gasteiger partial charge on any atom is -0.507 e. The Morgan fingerprint density at radius 3 is 2.50 bits per heavy atom. The minimum absolute atomic E-state index is 0.0872. The van der Waals surface area contributed by atoms with Gasteiger partial charge in [-0.1, -0.05) is 0 Å². The second kappa shape index (κ2) is 6.29. The number of likely N-dealkylation sites (tertiary alicyclic amines) is 1. The number of amides is 1. The molecule has 1 aliphatic rings. The Labute approximate surface area is 136 Å². The lowest BCUT2D eigenvalue weighted by molar-refractivity contribution is -0.140. The molecule has 24 heavy (non-hydrogen) atoms. The Hall–Kier alpha value is -2.93. The highest BCUT2D eigenvalue weighted by molar-refractivity contribution is 6.46. The molecule has 1 aromatic carbocycles. The summed E-state index contributed by atoms with van der Waals surface area (Å²) in [5, 5.41) is 19.7. The van der Waals surface area contributed by atoms with Crippen LogP contribution < -0.4 is 0 Å². The molecule has 1 saturated heterocycles. The summed E-state index contributed by atoms with van der Waals surface area (Å²) in [4.78, 5) is 25.7. The molecule has 1 unspecified atom stereocenters. The van der Waals surface area contributed by atoms with Gasteiger partial charge in [0.1, 0.15) is 23.4 Å². The number of ketones is 1. The predicted octanol–water partition coefficient (Wildman–Crippen LogP) is 1.83. The molecule has 1 aliphatic heterocycles. The van der Waals surface area contributed by atoms with Crippen LogP contribution in [0.25, 0.3) is 5.76 Å². The highest BCUT2D eigenvalue weighted by Crippen LogP contribution is 2.39. The van der Waals surface area contributed by atoms with Crippen LogP contribution in [0.3, 0.4) is 0 Å². The van der Waals surface area contributed by atoms with E-state index < -0.39 is 29.3 Å². The standard InChI is InChI=1S/C17H14FNO5/c18-11-5-3-10(4-6-11)15(21)13-14(12-2-1-9-24-12)19(7-8-20)17(23)16(13)22/h1-6,9,14,20-21H,7-8H2/b15-13-. The van der Waals surface area contributed by atoms with Gasteiger partial charge < -0.3 is 19.5 Å². The highest BCUT2D eigenvalue weighted by atomic mass is 19.1. The maximum atomic E-state index is 13.1. The quantitative estimate of drug-likeness (QED) is 0.507. The first-order valence-electron chi connectivity index (χ1n) is 7.23. The van der Waals surface area contributed by atoms with Crippen molar-refractivity contribution in [3.05, 3.63) is 65.4 Å². The van der Waals surface area contributed by atoms with Gasteiger partial charge in [0.2, 0.25) is 0 Å². The second-order valence-corrected chi connectivity index (χ2v) is 5.24. The van der Waals surface area contributed by atoms with Gasteiger partial charge in [-0.15, -0.1) is 0 Å². The molecular formula is C17H14FNO5. The van der Waals surface area contributed by atoms with E-state index >= 15 is 0 Å². The Balaban J connectivity index is 2.15. The highest BCUT2D eigenvalue weighted by Gasteiger charge is 2.47. The van der Waals surface area contributed by atoms with E-state index in [2.05, 4.69) is 0 Å². The zero-order valence-electron chi connectivity index (χ0n) is 12.5. The molecule has 0 saturated carbocycles. The van der Waals surface area contributed by atoms with Crippen LogP contribution in [0.5, 0.6) is 0 Å². The largest absolute Gasteiger partial charge is 0.507 e. The summed E-state index contributed by atoms with van der Waals surface area (Å²) in [7, 11) is 0. The Morgan fingerprint density at radius 1 is 1.21 bits per heavy atom. The van der Waals surface area contributed by atoms with Crippen molar-refractivity contribution in [3.8, 4) is 0 Å². The van der Waals surface area contributed by atoms with Crippen LogP contribution in [0.4, 0.5) is 4.39 Å². The van der Waals surface area contributed by atoms with Crippen molar-refractivity contribution in [2.24, 2.45) is 0 Å². The van der Waals surface area contributed by atoms with E-state index in [4.69, 9.17) is 9.52 Å². The summed E-state index contributed by atoms with van der Waals surface area (Å²) in [6, 6.07) is 7.11. The average molecular weight is 331 g/mol. The fraction of sp³-hybridized carbons (Fsp3) is 0.176. The summed E-state index contributed by atoms with van der Waals surface area (Å²) < 4.78 is 18.4. The number of aliphatic hydroxyl groups is 2. The predicted molar refractivity (Wildman–Crippen MR) is 81.2 cm³/mol. The third-order valence-electron chi connectivity index (χ3n) is 3.81. The van der Waals surface area contributed by atoms with Crippen LogP contribution in [-0.2, 0) is 9.59 Å². The van der Waals surface area contributed by atoms with Gasteiger partial charge in [-0.3, -0.25) is 9.59 Å². The van der Waals surface area contributed by atoms with E-state index in [0.29, 0.717) is 0 Å². The number of hydrogen-bond acceptors (Lipinski definition) is 5. The monoisotopic (exact) mass is 331 g/mol. The zero-order chi connectivity index (χ0) is 17.3. The van der Waals surface area contributed by atoms with Gasteiger partial charge in [0.15, 0.2) is 0 Å². The van der Waals surface area contributed by atoms with Crippen LogP contribution in [0.1, 0.15) is 17.4 Å². The van der Waals surface area contributed by atoms with Gasteiger partial charge in [0, 0.05) is 12.1 Å². The van der Waals surface area contributed by atoms with Crippen molar-refractivity contribution in [2.75, 3.05) is 13.2 Å². The average Bonchev–Trinajstić information content (AvgIpc) is 3.18. The second-order valence-electron chi connectivity index (χ2n) is 5.24. The number of furan rings is 1. The van der Waals surface area contributed by atoms with Crippen LogP contribution in [0.2, 0.25) is 0 Å². The van der Waals surface area contributed by atoms with Gasteiger partial charge in [-0.05, 0) is 36.4 Å². The molecule has 1 fully saturated rings. The first kappa shape index (κ1) is 15.9. The number of aliphatic hydroxyl groups excluding tert-OH is 2. The lowest BCUT2D eigenvalue weighted by Crippen LogP contribution is -2.32. The van der Waals surface area contributed by atoms with E-state index in [0.717, 1.165) is 17.0 Å². The lowest BCUT2D eigenvalue weighted by Gasteiger charge is -2.22. The molecule has 0 radical (unpaired) electrons. The molecule has 0 bridgehead atoms. The third-order valence-corrected chi connectivity index (χ3v) is 3.81. The van der Waals surface area contributed by atoms with E-state index in [1.54, 1.807) is 12.1 Å². The number of carbonyl (C=O) groups is 2. The SMILES string of the molecule is O=C1C(=O)N(CCO)C(c2ccco2)/C1=C(/O)c1ccc(F)cc1. The topological polar surface area (TPSA) is 91.0 Å². The van der Waals surface area contributed by atoms with E-state index in [1.807, 2.05) is 0 Å². The van der Waals surface area contributed by atoms with E-state index in [9.17, 15) is 19.1 Å². The van der Waals surface area contributed by atoms with Crippen molar-refractivity contribution in [3.63, 3.8) is 0 Å². The zero-order valence-corrected chi connectivity index (χ0v) is 12.5. The van der Waals surface area contributed by atoms with Crippen molar-refractivity contribution < 1.29 is 28.6 Å².